The van der Waals surface area contributed by atoms with Crippen LogP contribution in [-0.4, -0.2) is 39.5 Å². The summed E-state index contributed by atoms with van der Waals surface area (Å²) in [4.78, 5) is 14.3. The predicted molar refractivity (Wildman–Crippen MR) is 114 cm³/mol. The van der Waals surface area contributed by atoms with Gasteiger partial charge in [-0.3, -0.25) is 4.72 Å². The Morgan fingerprint density at radius 1 is 1.00 bits per heavy atom. The number of nitrogens with zero attached hydrogens (tertiary/aromatic N) is 1. The number of nitrogens with one attached hydrogen (secondary N) is 2. The summed E-state index contributed by atoms with van der Waals surface area (Å²) in [5, 5.41) is 3.13. The second kappa shape index (κ2) is 9.37. The van der Waals surface area contributed by atoms with Crippen LogP contribution in [0.15, 0.2) is 47.4 Å². The third-order valence-corrected chi connectivity index (χ3v) is 6.41. The van der Waals surface area contributed by atoms with E-state index in [4.69, 9.17) is 16.3 Å². The van der Waals surface area contributed by atoms with Crippen LogP contribution in [0, 0.1) is 0 Å². The normalized spacial score (nSPS) is 14.8. The zero-order valence-electron chi connectivity index (χ0n) is 16.2. The van der Waals surface area contributed by atoms with Crippen LogP contribution in [0.4, 0.5) is 16.2 Å². The number of benzene rings is 2. The van der Waals surface area contributed by atoms with Crippen molar-refractivity contribution < 1.29 is 17.9 Å². The molecule has 1 aliphatic rings. The Bertz CT molecular complexity index is 956. The molecule has 7 nitrogen and oxygen atoms in total. The number of urea groups is 1. The lowest BCUT2D eigenvalue weighted by molar-refractivity contribution is 0.214. The molecule has 1 heterocycles. The number of hydrogen-bond donors (Lipinski definition) is 2. The highest BCUT2D eigenvalue weighted by Gasteiger charge is 2.17. The van der Waals surface area contributed by atoms with Gasteiger partial charge in [-0.25, -0.2) is 13.2 Å². The van der Waals surface area contributed by atoms with Gasteiger partial charge in [0.1, 0.15) is 5.75 Å². The number of carbonyl (C=O) groups excluding carboxylic acids is 1. The standard InChI is InChI=1S/C20H24ClN3O4S/c1-28-19-11-8-16(14-18(19)21)23-29(26,27)17-9-6-15(7-10-17)22-20(25)24-12-4-2-3-5-13-24/h6-11,14,23H,2-5,12-13H2,1H3,(H,22,25). The largest absolute Gasteiger partial charge is 0.495 e. The third-order valence-electron chi connectivity index (χ3n) is 4.71. The van der Waals surface area contributed by atoms with Gasteiger partial charge < -0.3 is 15.0 Å². The number of anilines is 2. The van der Waals surface area contributed by atoms with Crippen molar-refractivity contribution in [3.05, 3.63) is 47.5 Å². The Morgan fingerprint density at radius 3 is 2.21 bits per heavy atom. The molecule has 2 amide bonds. The molecule has 0 aromatic heterocycles. The summed E-state index contributed by atoms with van der Waals surface area (Å²) in [7, 11) is -2.31. The van der Waals surface area contributed by atoms with Gasteiger partial charge in [-0.05, 0) is 55.3 Å². The number of sulfonamides is 1. The highest BCUT2D eigenvalue weighted by Crippen LogP contribution is 2.28. The SMILES string of the molecule is COc1ccc(NS(=O)(=O)c2ccc(NC(=O)N3CCCCCC3)cc2)cc1Cl. The number of ether oxygens (including phenoxy) is 1. The predicted octanol–water partition coefficient (Wildman–Crippen LogP) is 4.56. The molecule has 156 valence electrons. The lowest BCUT2D eigenvalue weighted by Crippen LogP contribution is -2.35. The number of rotatable bonds is 5. The van der Waals surface area contributed by atoms with Gasteiger partial charge in [0.05, 0.1) is 22.7 Å². The van der Waals surface area contributed by atoms with E-state index in [1.54, 1.807) is 29.2 Å². The molecule has 29 heavy (non-hydrogen) atoms. The van der Waals surface area contributed by atoms with Crippen molar-refractivity contribution in [1.82, 2.24) is 4.90 Å². The molecule has 1 saturated heterocycles. The van der Waals surface area contributed by atoms with Crippen molar-refractivity contribution in [2.24, 2.45) is 0 Å². The van der Waals surface area contributed by atoms with E-state index in [1.165, 1.54) is 25.3 Å². The molecule has 3 rings (SSSR count). The first-order valence-corrected chi connectivity index (χ1v) is 11.3. The summed E-state index contributed by atoms with van der Waals surface area (Å²) in [6, 6.07) is 10.5. The van der Waals surface area contributed by atoms with E-state index in [0.29, 0.717) is 22.1 Å². The molecule has 0 saturated carbocycles. The fraction of sp³-hybridized carbons (Fsp3) is 0.350. The molecule has 0 bridgehead atoms. The van der Waals surface area contributed by atoms with Gasteiger partial charge in [-0.1, -0.05) is 24.4 Å². The summed E-state index contributed by atoms with van der Waals surface area (Å²) in [6.07, 6.45) is 4.29. The molecule has 0 atom stereocenters. The molecule has 1 aliphatic heterocycles. The fourth-order valence-corrected chi connectivity index (χ4v) is 4.44. The Labute approximate surface area is 176 Å². The van der Waals surface area contributed by atoms with Crippen molar-refractivity contribution in [3.8, 4) is 5.75 Å². The molecule has 0 unspecified atom stereocenters. The van der Waals surface area contributed by atoms with E-state index in [2.05, 4.69) is 10.0 Å². The average molecular weight is 438 g/mol. The van der Waals surface area contributed by atoms with Gasteiger partial charge in [0.2, 0.25) is 0 Å². The molecular formula is C20H24ClN3O4S. The Hall–Kier alpha value is -2.45. The molecule has 0 spiro atoms. The third kappa shape index (κ3) is 5.55. The summed E-state index contributed by atoms with van der Waals surface area (Å²) < 4.78 is 32.8. The van der Waals surface area contributed by atoms with Gasteiger partial charge >= 0.3 is 6.03 Å². The topological polar surface area (TPSA) is 87.7 Å². The number of likely N-dealkylation sites (tertiary alicyclic amines) is 1. The van der Waals surface area contributed by atoms with Crippen molar-refractivity contribution in [2.45, 2.75) is 30.6 Å². The lowest BCUT2D eigenvalue weighted by Gasteiger charge is -2.20. The van der Waals surface area contributed by atoms with E-state index in [-0.39, 0.29) is 10.9 Å². The molecule has 1 fully saturated rings. The maximum absolute atomic E-state index is 12.6. The number of carbonyl (C=O) groups is 1. The van der Waals surface area contributed by atoms with Gasteiger partial charge in [0.25, 0.3) is 10.0 Å². The molecule has 2 N–H and O–H groups in total. The Balaban J connectivity index is 1.66. The molecular weight excluding hydrogens is 414 g/mol. The summed E-state index contributed by atoms with van der Waals surface area (Å²) in [5.74, 6) is 0.458. The first kappa shape index (κ1) is 21.3. The maximum Gasteiger partial charge on any atom is 0.321 e. The van der Waals surface area contributed by atoms with Gasteiger partial charge in [0.15, 0.2) is 0 Å². The molecule has 9 heteroatoms. The number of hydrogen-bond acceptors (Lipinski definition) is 4. The van der Waals surface area contributed by atoms with Gasteiger partial charge in [0, 0.05) is 18.8 Å². The lowest BCUT2D eigenvalue weighted by atomic mass is 10.2. The van der Waals surface area contributed by atoms with Crippen LogP contribution in [0.25, 0.3) is 0 Å². The van der Waals surface area contributed by atoms with Crippen LogP contribution in [0.2, 0.25) is 5.02 Å². The van der Waals surface area contributed by atoms with Crippen LogP contribution in [0.1, 0.15) is 25.7 Å². The zero-order valence-corrected chi connectivity index (χ0v) is 17.7. The monoisotopic (exact) mass is 437 g/mol. The van der Waals surface area contributed by atoms with Crippen LogP contribution in [0.3, 0.4) is 0 Å². The maximum atomic E-state index is 12.6. The molecule has 0 aliphatic carbocycles. The average Bonchev–Trinajstić information content (AvgIpc) is 2.98. The molecule has 0 radical (unpaired) electrons. The highest BCUT2D eigenvalue weighted by molar-refractivity contribution is 7.92. The van der Waals surface area contributed by atoms with Crippen molar-refractivity contribution in [2.75, 3.05) is 30.2 Å². The van der Waals surface area contributed by atoms with E-state index in [9.17, 15) is 13.2 Å². The van der Waals surface area contributed by atoms with Crippen LogP contribution in [-0.2, 0) is 10.0 Å². The molecule has 2 aromatic carbocycles. The number of halogens is 1. The van der Waals surface area contributed by atoms with Crippen LogP contribution in [0.5, 0.6) is 5.75 Å². The van der Waals surface area contributed by atoms with Gasteiger partial charge in [-0.15, -0.1) is 0 Å². The summed E-state index contributed by atoms with van der Waals surface area (Å²) in [6.45, 7) is 1.49. The van der Waals surface area contributed by atoms with Crippen molar-refractivity contribution >= 4 is 39.0 Å². The van der Waals surface area contributed by atoms with Crippen LogP contribution < -0.4 is 14.8 Å². The fourth-order valence-electron chi connectivity index (χ4n) is 3.14. The van der Waals surface area contributed by atoms with Gasteiger partial charge in [-0.2, -0.15) is 0 Å². The first-order valence-electron chi connectivity index (χ1n) is 9.41. The summed E-state index contributed by atoms with van der Waals surface area (Å²) >= 11 is 6.04. The van der Waals surface area contributed by atoms with Crippen molar-refractivity contribution in [1.29, 1.82) is 0 Å². The number of amides is 2. The van der Waals surface area contributed by atoms with Crippen LogP contribution >= 0.6 is 11.6 Å². The zero-order chi connectivity index (χ0) is 20.9. The van der Waals surface area contributed by atoms with E-state index in [0.717, 1.165) is 38.8 Å². The quantitative estimate of drug-likeness (QED) is 0.717. The van der Waals surface area contributed by atoms with Crippen molar-refractivity contribution in [3.63, 3.8) is 0 Å². The smallest absolute Gasteiger partial charge is 0.321 e. The Morgan fingerprint density at radius 2 is 1.62 bits per heavy atom. The highest BCUT2D eigenvalue weighted by atomic mass is 35.5. The second-order valence-corrected chi connectivity index (χ2v) is 8.90. The minimum Gasteiger partial charge on any atom is -0.495 e. The Kier molecular flexibility index (Phi) is 6.87. The number of methoxy groups -OCH3 is 1. The molecule has 2 aromatic rings. The second-order valence-electron chi connectivity index (χ2n) is 6.81. The van der Waals surface area contributed by atoms with E-state index >= 15 is 0 Å². The van der Waals surface area contributed by atoms with E-state index in [1.807, 2.05) is 0 Å². The van der Waals surface area contributed by atoms with E-state index < -0.39 is 10.0 Å². The summed E-state index contributed by atoms with van der Waals surface area (Å²) in [5.41, 5.74) is 0.875. The minimum absolute atomic E-state index is 0.0808. The first-order chi connectivity index (χ1) is 13.9. The minimum atomic E-state index is -3.79.